The number of benzene rings is 1. The van der Waals surface area contributed by atoms with Gasteiger partial charge in [0.2, 0.25) is 0 Å². The Bertz CT molecular complexity index is 640. The van der Waals surface area contributed by atoms with Gasteiger partial charge >= 0.3 is 0 Å². The van der Waals surface area contributed by atoms with Gasteiger partial charge < -0.3 is 21.1 Å². The third kappa shape index (κ3) is 3.46. The van der Waals surface area contributed by atoms with Crippen molar-refractivity contribution < 1.29 is 4.74 Å². The SMILES string of the molecule is Cc1cccc(Nc2ncnc(NCC3CCCO3)c2N)c1. The monoisotopic (exact) mass is 299 g/mol. The molecule has 0 saturated carbocycles. The summed E-state index contributed by atoms with van der Waals surface area (Å²) in [6.07, 6.45) is 3.94. The van der Waals surface area contributed by atoms with Gasteiger partial charge in [-0.3, -0.25) is 0 Å². The molecule has 2 aromatic rings. The number of hydrogen-bond acceptors (Lipinski definition) is 6. The van der Waals surface area contributed by atoms with Crippen LogP contribution in [-0.4, -0.2) is 29.2 Å². The second kappa shape index (κ2) is 6.62. The highest BCUT2D eigenvalue weighted by Gasteiger charge is 2.16. The van der Waals surface area contributed by atoms with Gasteiger partial charge in [-0.25, -0.2) is 9.97 Å². The van der Waals surface area contributed by atoms with Crippen LogP contribution in [0.2, 0.25) is 0 Å². The van der Waals surface area contributed by atoms with E-state index in [0.29, 0.717) is 23.9 Å². The summed E-state index contributed by atoms with van der Waals surface area (Å²) >= 11 is 0. The molecule has 1 aromatic heterocycles. The van der Waals surface area contributed by atoms with E-state index in [2.05, 4.69) is 20.6 Å². The zero-order valence-electron chi connectivity index (χ0n) is 12.7. The van der Waals surface area contributed by atoms with Crippen LogP contribution in [0.4, 0.5) is 23.0 Å². The zero-order valence-corrected chi connectivity index (χ0v) is 12.7. The minimum absolute atomic E-state index is 0.238. The Kier molecular flexibility index (Phi) is 4.39. The van der Waals surface area contributed by atoms with Crippen molar-refractivity contribution in [2.75, 3.05) is 29.5 Å². The summed E-state index contributed by atoms with van der Waals surface area (Å²) in [5, 5.41) is 6.49. The van der Waals surface area contributed by atoms with Gasteiger partial charge in [0.1, 0.15) is 12.0 Å². The molecule has 2 heterocycles. The predicted molar refractivity (Wildman–Crippen MR) is 88.4 cm³/mol. The van der Waals surface area contributed by atoms with Crippen molar-refractivity contribution in [3.05, 3.63) is 36.2 Å². The van der Waals surface area contributed by atoms with Gasteiger partial charge in [0.25, 0.3) is 0 Å². The van der Waals surface area contributed by atoms with E-state index in [4.69, 9.17) is 10.5 Å². The molecule has 0 bridgehead atoms. The Labute approximate surface area is 130 Å². The number of ether oxygens (including phenoxy) is 1. The molecule has 3 rings (SSSR count). The summed E-state index contributed by atoms with van der Waals surface area (Å²) in [4.78, 5) is 8.44. The van der Waals surface area contributed by atoms with E-state index in [-0.39, 0.29) is 6.10 Å². The summed E-state index contributed by atoms with van der Waals surface area (Å²) in [7, 11) is 0. The minimum atomic E-state index is 0.238. The minimum Gasteiger partial charge on any atom is -0.393 e. The lowest BCUT2D eigenvalue weighted by molar-refractivity contribution is 0.120. The third-order valence-corrected chi connectivity index (χ3v) is 3.69. The number of nitrogens with one attached hydrogen (secondary N) is 2. The summed E-state index contributed by atoms with van der Waals surface area (Å²) in [6.45, 7) is 3.60. The molecule has 6 heteroatoms. The molecule has 0 radical (unpaired) electrons. The average Bonchev–Trinajstić information content (AvgIpc) is 3.02. The van der Waals surface area contributed by atoms with Crippen LogP contribution < -0.4 is 16.4 Å². The number of nitrogens with two attached hydrogens (primary N) is 1. The molecule has 1 aliphatic heterocycles. The van der Waals surface area contributed by atoms with Crippen molar-refractivity contribution >= 4 is 23.0 Å². The van der Waals surface area contributed by atoms with Crippen LogP contribution in [0.15, 0.2) is 30.6 Å². The first-order chi connectivity index (χ1) is 10.7. The van der Waals surface area contributed by atoms with Crippen molar-refractivity contribution in [2.45, 2.75) is 25.9 Å². The molecule has 1 saturated heterocycles. The maximum Gasteiger partial charge on any atom is 0.159 e. The number of nitrogen functional groups attached to an aromatic ring is 1. The normalized spacial score (nSPS) is 17.4. The molecule has 6 nitrogen and oxygen atoms in total. The van der Waals surface area contributed by atoms with Crippen LogP contribution in [0.25, 0.3) is 0 Å². The first-order valence-corrected chi connectivity index (χ1v) is 7.52. The summed E-state index contributed by atoms with van der Waals surface area (Å²) < 4.78 is 5.59. The van der Waals surface area contributed by atoms with Crippen molar-refractivity contribution in [3.8, 4) is 0 Å². The van der Waals surface area contributed by atoms with Crippen molar-refractivity contribution in [1.82, 2.24) is 9.97 Å². The van der Waals surface area contributed by atoms with Gasteiger partial charge in [-0.05, 0) is 37.5 Å². The number of hydrogen-bond donors (Lipinski definition) is 3. The van der Waals surface area contributed by atoms with E-state index in [1.807, 2.05) is 31.2 Å². The lowest BCUT2D eigenvalue weighted by Gasteiger charge is -2.15. The van der Waals surface area contributed by atoms with Crippen molar-refractivity contribution in [3.63, 3.8) is 0 Å². The summed E-state index contributed by atoms with van der Waals surface area (Å²) in [5.74, 6) is 1.25. The first kappa shape index (κ1) is 14.6. The molecule has 1 fully saturated rings. The molecule has 22 heavy (non-hydrogen) atoms. The van der Waals surface area contributed by atoms with Gasteiger partial charge in [-0.2, -0.15) is 0 Å². The Hall–Kier alpha value is -2.34. The second-order valence-electron chi connectivity index (χ2n) is 5.49. The van der Waals surface area contributed by atoms with Crippen LogP contribution in [0.5, 0.6) is 0 Å². The van der Waals surface area contributed by atoms with Crippen LogP contribution in [0, 0.1) is 6.92 Å². The van der Waals surface area contributed by atoms with Crippen LogP contribution in [-0.2, 0) is 4.74 Å². The first-order valence-electron chi connectivity index (χ1n) is 7.52. The largest absolute Gasteiger partial charge is 0.393 e. The summed E-state index contributed by atoms with van der Waals surface area (Å²) in [6, 6.07) is 8.06. The molecule has 0 aliphatic carbocycles. The number of aromatic nitrogens is 2. The fourth-order valence-corrected chi connectivity index (χ4v) is 2.51. The van der Waals surface area contributed by atoms with Gasteiger partial charge in [-0.15, -0.1) is 0 Å². The molecule has 1 aromatic carbocycles. The molecular weight excluding hydrogens is 278 g/mol. The van der Waals surface area contributed by atoms with Crippen LogP contribution >= 0.6 is 0 Å². The van der Waals surface area contributed by atoms with Crippen molar-refractivity contribution in [1.29, 1.82) is 0 Å². The lowest BCUT2D eigenvalue weighted by atomic mass is 10.2. The maximum absolute atomic E-state index is 6.16. The van der Waals surface area contributed by atoms with Gasteiger partial charge in [0.15, 0.2) is 11.6 Å². The molecular formula is C16H21N5O. The molecule has 0 amide bonds. The quantitative estimate of drug-likeness (QED) is 0.787. The topological polar surface area (TPSA) is 85.1 Å². The number of nitrogens with zero attached hydrogens (tertiary/aromatic N) is 2. The molecule has 1 unspecified atom stereocenters. The number of aryl methyl sites for hydroxylation is 1. The van der Waals surface area contributed by atoms with E-state index in [9.17, 15) is 0 Å². The van der Waals surface area contributed by atoms with Crippen LogP contribution in [0.3, 0.4) is 0 Å². The Morgan fingerprint density at radius 2 is 2.18 bits per heavy atom. The van der Waals surface area contributed by atoms with Crippen molar-refractivity contribution in [2.24, 2.45) is 0 Å². The maximum atomic E-state index is 6.16. The fourth-order valence-electron chi connectivity index (χ4n) is 2.51. The highest BCUT2D eigenvalue weighted by atomic mass is 16.5. The molecule has 1 atom stereocenters. The van der Waals surface area contributed by atoms with Gasteiger partial charge in [0.05, 0.1) is 6.10 Å². The Morgan fingerprint density at radius 3 is 2.95 bits per heavy atom. The zero-order chi connectivity index (χ0) is 15.4. The smallest absolute Gasteiger partial charge is 0.159 e. The average molecular weight is 299 g/mol. The molecule has 116 valence electrons. The third-order valence-electron chi connectivity index (χ3n) is 3.69. The van der Waals surface area contributed by atoms with E-state index in [1.54, 1.807) is 0 Å². The summed E-state index contributed by atoms with van der Waals surface area (Å²) in [5.41, 5.74) is 8.81. The standard InChI is InChI=1S/C16H21N5O/c1-11-4-2-5-12(8-11)21-16-14(17)15(19-10-20-16)18-9-13-6-3-7-22-13/h2,4-5,8,10,13H,3,6-7,9,17H2,1H3,(H2,18,19,20,21). The van der Waals surface area contributed by atoms with E-state index in [0.717, 1.165) is 25.1 Å². The van der Waals surface area contributed by atoms with Gasteiger partial charge in [-0.1, -0.05) is 12.1 Å². The van der Waals surface area contributed by atoms with E-state index in [1.165, 1.54) is 11.9 Å². The number of anilines is 4. The predicted octanol–water partition coefficient (Wildman–Crippen LogP) is 2.70. The highest BCUT2D eigenvalue weighted by molar-refractivity contribution is 5.77. The second-order valence-corrected chi connectivity index (χ2v) is 5.49. The molecule has 4 N–H and O–H groups in total. The molecule has 1 aliphatic rings. The number of rotatable bonds is 5. The molecule has 0 spiro atoms. The Balaban J connectivity index is 1.70. The highest BCUT2D eigenvalue weighted by Crippen LogP contribution is 2.26. The van der Waals surface area contributed by atoms with Crippen LogP contribution in [0.1, 0.15) is 18.4 Å². The Morgan fingerprint density at radius 1 is 1.32 bits per heavy atom. The van der Waals surface area contributed by atoms with Gasteiger partial charge in [0, 0.05) is 18.8 Å². The lowest BCUT2D eigenvalue weighted by Crippen LogP contribution is -2.20. The van der Waals surface area contributed by atoms with E-state index >= 15 is 0 Å². The fraction of sp³-hybridized carbons (Fsp3) is 0.375. The van der Waals surface area contributed by atoms with E-state index < -0.39 is 0 Å².